The van der Waals surface area contributed by atoms with Gasteiger partial charge in [-0.1, -0.05) is 12.1 Å². The Kier molecular flexibility index (Phi) is 5.31. The van der Waals surface area contributed by atoms with E-state index in [-0.39, 0.29) is 5.91 Å². The summed E-state index contributed by atoms with van der Waals surface area (Å²) in [4.78, 5) is 12.9. The molecule has 21 heavy (non-hydrogen) atoms. The van der Waals surface area contributed by atoms with Gasteiger partial charge >= 0.3 is 0 Å². The van der Waals surface area contributed by atoms with Crippen molar-refractivity contribution in [2.24, 2.45) is 0 Å². The van der Waals surface area contributed by atoms with E-state index in [9.17, 15) is 4.79 Å². The lowest BCUT2D eigenvalue weighted by Gasteiger charge is -2.09. The van der Waals surface area contributed by atoms with Crippen LogP contribution in [0.15, 0.2) is 45.8 Å². The molecule has 2 aromatic carbocycles. The van der Waals surface area contributed by atoms with E-state index in [1.165, 1.54) is 11.8 Å². The normalized spacial score (nSPS) is 10.4. The molecule has 0 radical (unpaired) electrons. The van der Waals surface area contributed by atoms with Gasteiger partial charge in [-0.15, -0.1) is 11.8 Å². The maximum Gasteiger partial charge on any atom is 0.234 e. The van der Waals surface area contributed by atoms with E-state index in [4.69, 9.17) is 5.73 Å². The number of amides is 1. The molecule has 0 spiro atoms. The van der Waals surface area contributed by atoms with Crippen LogP contribution in [0.5, 0.6) is 0 Å². The van der Waals surface area contributed by atoms with E-state index < -0.39 is 0 Å². The van der Waals surface area contributed by atoms with Gasteiger partial charge in [-0.05, 0) is 65.2 Å². The molecule has 0 fully saturated rings. The van der Waals surface area contributed by atoms with Crippen molar-refractivity contribution in [2.45, 2.75) is 18.7 Å². The van der Waals surface area contributed by atoms with E-state index in [1.807, 2.05) is 50.2 Å². The summed E-state index contributed by atoms with van der Waals surface area (Å²) >= 11 is 4.89. The van der Waals surface area contributed by atoms with Crippen molar-refractivity contribution in [3.63, 3.8) is 0 Å². The van der Waals surface area contributed by atoms with Gasteiger partial charge in [-0.2, -0.15) is 0 Å². The summed E-state index contributed by atoms with van der Waals surface area (Å²) in [5.74, 6) is 0.276. The minimum atomic E-state index is -0.0514. The fraction of sp³-hybridized carbons (Fsp3) is 0.188. The van der Waals surface area contributed by atoms with E-state index in [0.717, 1.165) is 26.2 Å². The van der Waals surface area contributed by atoms with Gasteiger partial charge in [0.25, 0.3) is 0 Å². The van der Waals surface area contributed by atoms with Crippen LogP contribution < -0.4 is 11.1 Å². The number of thioether (sulfide) groups is 1. The summed E-state index contributed by atoms with van der Waals surface area (Å²) in [6.07, 6.45) is 0. The van der Waals surface area contributed by atoms with Crippen molar-refractivity contribution < 1.29 is 4.79 Å². The van der Waals surface area contributed by atoms with Crippen molar-refractivity contribution in [3.05, 3.63) is 52.0 Å². The number of carbonyl (C=O) groups is 1. The van der Waals surface area contributed by atoms with Crippen LogP contribution in [0.1, 0.15) is 11.1 Å². The predicted molar refractivity (Wildman–Crippen MR) is 93.8 cm³/mol. The minimum absolute atomic E-state index is 0.0514. The van der Waals surface area contributed by atoms with Gasteiger partial charge in [0.1, 0.15) is 0 Å². The van der Waals surface area contributed by atoms with E-state index in [2.05, 4.69) is 21.2 Å². The molecule has 1 amide bonds. The Morgan fingerprint density at radius 3 is 2.52 bits per heavy atom. The average molecular weight is 365 g/mol. The van der Waals surface area contributed by atoms with Crippen LogP contribution >= 0.6 is 27.7 Å². The van der Waals surface area contributed by atoms with E-state index >= 15 is 0 Å². The number of benzene rings is 2. The smallest absolute Gasteiger partial charge is 0.234 e. The molecule has 0 aliphatic rings. The Labute approximate surface area is 137 Å². The maximum atomic E-state index is 12.0. The predicted octanol–water partition coefficient (Wildman–Crippen LogP) is 4.38. The van der Waals surface area contributed by atoms with Crippen molar-refractivity contribution in [3.8, 4) is 0 Å². The van der Waals surface area contributed by atoms with E-state index in [1.54, 1.807) is 0 Å². The number of carbonyl (C=O) groups excluding carboxylic acids is 1. The third-order valence-electron chi connectivity index (χ3n) is 2.92. The van der Waals surface area contributed by atoms with Crippen LogP contribution in [-0.4, -0.2) is 11.7 Å². The first-order valence-corrected chi connectivity index (χ1v) is 8.28. The first kappa shape index (κ1) is 15.9. The second-order valence-electron chi connectivity index (χ2n) is 4.86. The van der Waals surface area contributed by atoms with Crippen molar-refractivity contribution in [1.29, 1.82) is 0 Å². The minimum Gasteiger partial charge on any atom is -0.398 e. The number of anilines is 2. The number of hydrogen-bond acceptors (Lipinski definition) is 3. The molecular weight excluding hydrogens is 348 g/mol. The highest BCUT2D eigenvalue weighted by molar-refractivity contribution is 9.10. The number of halogens is 1. The lowest BCUT2D eigenvalue weighted by molar-refractivity contribution is -0.113. The van der Waals surface area contributed by atoms with Gasteiger partial charge in [-0.25, -0.2) is 0 Å². The Hall–Kier alpha value is -1.46. The molecule has 2 rings (SSSR count). The van der Waals surface area contributed by atoms with Crippen LogP contribution in [0.2, 0.25) is 0 Å². The molecule has 0 aliphatic carbocycles. The third kappa shape index (κ3) is 4.51. The highest BCUT2D eigenvalue weighted by Gasteiger charge is 2.08. The number of hydrogen-bond donors (Lipinski definition) is 2. The number of rotatable bonds is 4. The molecule has 0 atom stereocenters. The zero-order valence-corrected chi connectivity index (χ0v) is 14.3. The number of aryl methyl sites for hydroxylation is 2. The molecule has 0 bridgehead atoms. The number of nitrogen functional groups attached to an aromatic ring is 1. The summed E-state index contributed by atoms with van der Waals surface area (Å²) in [5, 5.41) is 2.89. The largest absolute Gasteiger partial charge is 0.398 e. The van der Waals surface area contributed by atoms with Gasteiger partial charge in [0.05, 0.1) is 11.4 Å². The van der Waals surface area contributed by atoms with Crippen LogP contribution in [0.4, 0.5) is 11.4 Å². The maximum absolute atomic E-state index is 12.0. The molecule has 0 unspecified atom stereocenters. The van der Waals surface area contributed by atoms with Gasteiger partial charge < -0.3 is 11.1 Å². The molecule has 0 aromatic heterocycles. The second kappa shape index (κ2) is 7.00. The summed E-state index contributed by atoms with van der Waals surface area (Å²) in [6.45, 7) is 4.00. The van der Waals surface area contributed by atoms with Crippen LogP contribution in [0.3, 0.4) is 0 Å². The first-order chi connectivity index (χ1) is 9.95. The molecule has 2 aromatic rings. The Balaban J connectivity index is 1.96. The van der Waals surface area contributed by atoms with Crippen molar-refractivity contribution in [1.82, 2.24) is 0 Å². The zero-order valence-electron chi connectivity index (χ0n) is 11.9. The lowest BCUT2D eigenvalue weighted by atomic mass is 10.2. The summed E-state index contributed by atoms with van der Waals surface area (Å²) in [6, 6.07) is 11.7. The second-order valence-corrected chi connectivity index (χ2v) is 6.73. The quantitative estimate of drug-likeness (QED) is 0.625. The summed E-state index contributed by atoms with van der Waals surface area (Å²) in [7, 11) is 0. The third-order valence-corrected chi connectivity index (χ3v) is 4.67. The molecule has 0 saturated carbocycles. The molecule has 0 saturated heterocycles. The molecule has 0 heterocycles. The SMILES string of the molecule is Cc1ccc(SCC(=O)Nc2ccc(C)cc2Br)c(N)c1. The van der Waals surface area contributed by atoms with Crippen LogP contribution in [0, 0.1) is 13.8 Å². The molecule has 3 nitrogen and oxygen atoms in total. The standard InChI is InChI=1S/C16H17BrN2OS/c1-10-3-5-14(12(17)7-10)19-16(20)9-21-15-6-4-11(2)8-13(15)18/h3-8H,9,18H2,1-2H3,(H,19,20). The zero-order chi connectivity index (χ0) is 15.4. The topological polar surface area (TPSA) is 55.1 Å². The van der Waals surface area contributed by atoms with Gasteiger partial charge in [0.2, 0.25) is 5.91 Å². The van der Waals surface area contributed by atoms with Gasteiger partial charge in [0, 0.05) is 15.1 Å². The highest BCUT2D eigenvalue weighted by atomic mass is 79.9. The lowest BCUT2D eigenvalue weighted by Crippen LogP contribution is -2.14. The Morgan fingerprint density at radius 2 is 1.86 bits per heavy atom. The van der Waals surface area contributed by atoms with Crippen LogP contribution in [0.25, 0.3) is 0 Å². The highest BCUT2D eigenvalue weighted by Crippen LogP contribution is 2.27. The molecule has 3 N–H and O–H groups in total. The number of nitrogens with one attached hydrogen (secondary N) is 1. The average Bonchev–Trinajstić information content (AvgIpc) is 2.41. The van der Waals surface area contributed by atoms with Gasteiger partial charge in [0.15, 0.2) is 0 Å². The molecule has 110 valence electrons. The summed E-state index contributed by atoms with van der Waals surface area (Å²) < 4.78 is 0.885. The van der Waals surface area contributed by atoms with Crippen molar-refractivity contribution >= 4 is 45.0 Å². The Bertz CT molecular complexity index is 673. The molecule has 0 aliphatic heterocycles. The first-order valence-electron chi connectivity index (χ1n) is 6.50. The summed E-state index contributed by atoms with van der Waals surface area (Å²) in [5.41, 5.74) is 9.69. The molecular formula is C16H17BrN2OS. The van der Waals surface area contributed by atoms with Crippen LogP contribution in [-0.2, 0) is 4.79 Å². The fourth-order valence-corrected chi connectivity index (χ4v) is 3.19. The molecule has 5 heteroatoms. The van der Waals surface area contributed by atoms with Crippen molar-refractivity contribution in [2.75, 3.05) is 16.8 Å². The van der Waals surface area contributed by atoms with Gasteiger partial charge in [-0.3, -0.25) is 4.79 Å². The number of nitrogens with two attached hydrogens (primary N) is 1. The Morgan fingerprint density at radius 1 is 1.19 bits per heavy atom. The van der Waals surface area contributed by atoms with E-state index in [0.29, 0.717) is 11.4 Å². The monoisotopic (exact) mass is 364 g/mol. The fourth-order valence-electron chi connectivity index (χ4n) is 1.85.